The molecule has 0 heterocycles. The highest BCUT2D eigenvalue weighted by molar-refractivity contribution is 5.89. The van der Waals surface area contributed by atoms with Crippen LogP contribution in [-0.2, 0) is 0 Å². The first-order valence-electron chi connectivity index (χ1n) is 6.95. The molecule has 0 saturated carbocycles. The van der Waals surface area contributed by atoms with Gasteiger partial charge in [0, 0.05) is 17.8 Å². The second-order valence-electron chi connectivity index (χ2n) is 5.00. The summed E-state index contributed by atoms with van der Waals surface area (Å²) >= 11 is 0. The van der Waals surface area contributed by atoms with Crippen LogP contribution in [0.25, 0.3) is 0 Å². The number of hydrogen-bond acceptors (Lipinski definition) is 4. The number of carbonyl (C=O) groups is 1. The molecule has 0 aliphatic rings. The van der Waals surface area contributed by atoms with Crippen molar-refractivity contribution in [3.63, 3.8) is 0 Å². The first-order valence-corrected chi connectivity index (χ1v) is 6.95. The zero-order chi connectivity index (χ0) is 16.8. The molecule has 23 heavy (non-hydrogen) atoms. The lowest BCUT2D eigenvalue weighted by Gasteiger charge is -2.11. The Kier molecular flexibility index (Phi) is 5.14. The van der Waals surface area contributed by atoms with Gasteiger partial charge in [0.05, 0.1) is 4.92 Å². The standard InChI is InChI=1S/C16H17N3O4/c1-11-6-7-15(12(2)8-11)23-10-17-16(20)18-13-4-3-5-14(9-13)19(21)22/h3-9H,10H2,1-2H3,(H2,17,18,20). The third-order valence-corrected chi connectivity index (χ3v) is 3.11. The summed E-state index contributed by atoms with van der Waals surface area (Å²) in [5, 5.41) is 15.7. The van der Waals surface area contributed by atoms with Gasteiger partial charge in [0.25, 0.3) is 5.69 Å². The van der Waals surface area contributed by atoms with Crippen LogP contribution in [0.4, 0.5) is 16.2 Å². The molecule has 7 heteroatoms. The second kappa shape index (κ2) is 7.26. The number of nitro groups is 1. The molecular formula is C16H17N3O4. The van der Waals surface area contributed by atoms with E-state index >= 15 is 0 Å². The van der Waals surface area contributed by atoms with E-state index in [-0.39, 0.29) is 12.4 Å². The Morgan fingerprint density at radius 3 is 2.70 bits per heavy atom. The van der Waals surface area contributed by atoms with E-state index in [2.05, 4.69) is 10.6 Å². The van der Waals surface area contributed by atoms with E-state index in [1.54, 1.807) is 6.07 Å². The molecule has 0 unspecified atom stereocenters. The fraction of sp³-hybridized carbons (Fsp3) is 0.188. The van der Waals surface area contributed by atoms with E-state index in [1.807, 2.05) is 32.0 Å². The maximum absolute atomic E-state index is 11.8. The molecule has 0 atom stereocenters. The number of non-ortho nitro benzene ring substituents is 1. The number of nitrogens with zero attached hydrogens (tertiary/aromatic N) is 1. The Bertz CT molecular complexity index is 731. The minimum Gasteiger partial charge on any atom is -0.473 e. The summed E-state index contributed by atoms with van der Waals surface area (Å²) in [7, 11) is 0. The number of amides is 2. The zero-order valence-corrected chi connectivity index (χ0v) is 12.8. The summed E-state index contributed by atoms with van der Waals surface area (Å²) in [4.78, 5) is 21.9. The van der Waals surface area contributed by atoms with E-state index in [0.29, 0.717) is 11.4 Å². The molecule has 2 N–H and O–H groups in total. The molecule has 7 nitrogen and oxygen atoms in total. The van der Waals surface area contributed by atoms with Crippen molar-refractivity contribution in [2.45, 2.75) is 13.8 Å². The van der Waals surface area contributed by atoms with Gasteiger partial charge in [-0.05, 0) is 31.5 Å². The number of urea groups is 1. The first kappa shape index (κ1) is 16.3. The molecule has 0 bridgehead atoms. The Morgan fingerprint density at radius 2 is 2.00 bits per heavy atom. The number of ether oxygens (including phenoxy) is 1. The minimum atomic E-state index is -0.521. The lowest BCUT2D eigenvalue weighted by atomic mass is 10.1. The van der Waals surface area contributed by atoms with Crippen LogP contribution in [0.15, 0.2) is 42.5 Å². The number of benzene rings is 2. The predicted octanol–water partition coefficient (Wildman–Crippen LogP) is 3.37. The summed E-state index contributed by atoms with van der Waals surface area (Å²) in [6, 6.07) is 10.9. The van der Waals surface area contributed by atoms with Gasteiger partial charge in [-0.3, -0.25) is 10.1 Å². The van der Waals surface area contributed by atoms with Crippen LogP contribution in [0.5, 0.6) is 5.75 Å². The van der Waals surface area contributed by atoms with Crippen molar-refractivity contribution in [3.8, 4) is 5.75 Å². The van der Waals surface area contributed by atoms with Gasteiger partial charge in [-0.25, -0.2) is 4.79 Å². The molecule has 2 aromatic rings. The van der Waals surface area contributed by atoms with E-state index in [0.717, 1.165) is 11.1 Å². The topological polar surface area (TPSA) is 93.5 Å². The van der Waals surface area contributed by atoms with Gasteiger partial charge in [0.1, 0.15) is 5.75 Å². The summed E-state index contributed by atoms with van der Waals surface area (Å²) in [5.74, 6) is 0.686. The van der Waals surface area contributed by atoms with Crippen LogP contribution in [0.2, 0.25) is 0 Å². The Morgan fingerprint density at radius 1 is 1.22 bits per heavy atom. The molecule has 0 aromatic heterocycles. The van der Waals surface area contributed by atoms with Crippen molar-refractivity contribution >= 4 is 17.4 Å². The largest absolute Gasteiger partial charge is 0.473 e. The van der Waals surface area contributed by atoms with E-state index < -0.39 is 11.0 Å². The number of hydrogen-bond donors (Lipinski definition) is 2. The lowest BCUT2D eigenvalue weighted by Crippen LogP contribution is -2.32. The van der Waals surface area contributed by atoms with Gasteiger partial charge in [-0.15, -0.1) is 0 Å². The van der Waals surface area contributed by atoms with Crippen molar-refractivity contribution < 1.29 is 14.5 Å². The van der Waals surface area contributed by atoms with Crippen LogP contribution in [0.1, 0.15) is 11.1 Å². The van der Waals surface area contributed by atoms with Gasteiger partial charge in [0.2, 0.25) is 0 Å². The molecule has 0 fully saturated rings. The highest BCUT2D eigenvalue weighted by atomic mass is 16.6. The minimum absolute atomic E-state index is 0.00926. The molecule has 0 spiro atoms. The molecule has 0 aliphatic heterocycles. The van der Waals surface area contributed by atoms with Crippen LogP contribution in [0, 0.1) is 24.0 Å². The fourth-order valence-electron chi connectivity index (χ4n) is 2.01. The average Bonchev–Trinajstić information content (AvgIpc) is 2.49. The molecule has 0 aliphatic carbocycles. The maximum Gasteiger partial charge on any atom is 0.321 e. The lowest BCUT2D eigenvalue weighted by molar-refractivity contribution is -0.384. The zero-order valence-electron chi connectivity index (χ0n) is 12.8. The van der Waals surface area contributed by atoms with Gasteiger partial charge in [-0.1, -0.05) is 23.8 Å². The summed E-state index contributed by atoms with van der Waals surface area (Å²) in [5.41, 5.74) is 2.36. The normalized spacial score (nSPS) is 10.0. The Hall–Kier alpha value is -3.09. The highest BCUT2D eigenvalue weighted by Gasteiger charge is 2.08. The summed E-state index contributed by atoms with van der Waals surface area (Å²) in [6.45, 7) is 3.90. The fourth-order valence-corrected chi connectivity index (χ4v) is 2.01. The number of rotatable bonds is 5. The molecule has 2 amide bonds. The van der Waals surface area contributed by atoms with Gasteiger partial charge < -0.3 is 15.4 Å². The van der Waals surface area contributed by atoms with Crippen molar-refractivity contribution in [2.75, 3.05) is 12.0 Å². The van der Waals surface area contributed by atoms with Crippen molar-refractivity contribution in [1.82, 2.24) is 5.32 Å². The van der Waals surface area contributed by atoms with Crippen molar-refractivity contribution in [3.05, 3.63) is 63.7 Å². The number of nitrogens with one attached hydrogen (secondary N) is 2. The van der Waals surface area contributed by atoms with Crippen LogP contribution in [0.3, 0.4) is 0 Å². The van der Waals surface area contributed by atoms with Crippen molar-refractivity contribution in [2.24, 2.45) is 0 Å². The summed E-state index contributed by atoms with van der Waals surface area (Å²) < 4.78 is 5.48. The van der Waals surface area contributed by atoms with E-state index in [4.69, 9.17) is 4.74 Å². The maximum atomic E-state index is 11.8. The monoisotopic (exact) mass is 315 g/mol. The quantitative estimate of drug-likeness (QED) is 0.502. The van der Waals surface area contributed by atoms with Crippen LogP contribution in [-0.4, -0.2) is 17.7 Å². The van der Waals surface area contributed by atoms with E-state index in [9.17, 15) is 14.9 Å². The summed E-state index contributed by atoms with van der Waals surface area (Å²) in [6.07, 6.45) is 0. The number of carbonyl (C=O) groups excluding carboxylic acids is 1. The molecule has 2 aromatic carbocycles. The molecule has 0 saturated heterocycles. The Labute approximate surface area is 133 Å². The molecule has 120 valence electrons. The molecular weight excluding hydrogens is 298 g/mol. The van der Waals surface area contributed by atoms with Gasteiger partial charge >= 0.3 is 6.03 Å². The third kappa shape index (κ3) is 4.70. The van der Waals surface area contributed by atoms with Gasteiger partial charge in [0.15, 0.2) is 6.73 Å². The van der Waals surface area contributed by atoms with Crippen LogP contribution >= 0.6 is 0 Å². The average molecular weight is 315 g/mol. The number of nitro benzene ring substituents is 1. The van der Waals surface area contributed by atoms with Crippen LogP contribution < -0.4 is 15.4 Å². The van der Waals surface area contributed by atoms with Crippen molar-refractivity contribution in [1.29, 1.82) is 0 Å². The highest BCUT2D eigenvalue weighted by Crippen LogP contribution is 2.18. The second-order valence-corrected chi connectivity index (χ2v) is 5.00. The number of anilines is 1. The first-order chi connectivity index (χ1) is 11.0. The SMILES string of the molecule is Cc1ccc(OCNC(=O)Nc2cccc([N+](=O)[O-])c2)c(C)c1. The molecule has 2 rings (SSSR count). The smallest absolute Gasteiger partial charge is 0.321 e. The molecule has 0 radical (unpaired) electrons. The van der Waals surface area contributed by atoms with E-state index in [1.165, 1.54) is 18.2 Å². The predicted molar refractivity (Wildman–Crippen MR) is 86.7 cm³/mol. The van der Waals surface area contributed by atoms with Gasteiger partial charge in [-0.2, -0.15) is 0 Å². The Balaban J connectivity index is 1.85. The number of aryl methyl sites for hydroxylation is 2. The third-order valence-electron chi connectivity index (χ3n) is 3.11.